The fraction of sp³-hybridized carbons (Fsp3) is 0.500. The highest BCUT2D eigenvalue weighted by Crippen LogP contribution is 2.35. The first kappa shape index (κ1) is 13.0. The number of nitrogens with two attached hydrogens (primary N) is 1. The standard InChI is InChI=1S/C12H16F3N/c1-6-5-7(2)9(4)10(8(6)3)11(16)12(13,14)15/h5,11H,16H2,1-4H3. The van der Waals surface area contributed by atoms with E-state index in [1.807, 2.05) is 6.07 Å². The number of hydrogen-bond donors (Lipinski definition) is 1. The first-order chi connectivity index (χ1) is 7.16. The predicted molar refractivity (Wildman–Crippen MR) is 58.4 cm³/mol. The number of rotatable bonds is 1. The second-order valence-corrected chi connectivity index (χ2v) is 4.19. The van der Waals surface area contributed by atoms with Crippen LogP contribution in [0.3, 0.4) is 0 Å². The molecule has 0 bridgehead atoms. The van der Waals surface area contributed by atoms with Crippen LogP contribution in [0.15, 0.2) is 6.07 Å². The lowest BCUT2D eigenvalue weighted by atomic mass is 9.90. The highest BCUT2D eigenvalue weighted by atomic mass is 19.4. The summed E-state index contributed by atoms with van der Waals surface area (Å²) in [5.74, 6) is 0. The van der Waals surface area contributed by atoms with Crippen molar-refractivity contribution in [2.75, 3.05) is 0 Å². The Hall–Kier alpha value is -1.03. The molecule has 1 rings (SSSR count). The van der Waals surface area contributed by atoms with E-state index in [1.54, 1.807) is 27.7 Å². The third-order valence-corrected chi connectivity index (χ3v) is 3.09. The third kappa shape index (κ3) is 2.21. The molecule has 1 atom stereocenters. The summed E-state index contributed by atoms with van der Waals surface area (Å²) in [6, 6.07) is -0.0110. The summed E-state index contributed by atoms with van der Waals surface area (Å²) in [5.41, 5.74) is 8.45. The predicted octanol–water partition coefficient (Wildman–Crippen LogP) is 3.48. The lowest BCUT2D eigenvalue weighted by Gasteiger charge is -2.22. The van der Waals surface area contributed by atoms with Crippen molar-refractivity contribution < 1.29 is 13.2 Å². The zero-order valence-corrected chi connectivity index (χ0v) is 9.87. The Balaban J connectivity index is 3.44. The summed E-state index contributed by atoms with van der Waals surface area (Å²) in [6.07, 6.45) is -4.39. The Bertz CT molecular complexity index is 381. The van der Waals surface area contributed by atoms with Gasteiger partial charge in [-0.05, 0) is 55.5 Å². The zero-order chi connectivity index (χ0) is 12.7. The summed E-state index contributed by atoms with van der Waals surface area (Å²) in [7, 11) is 0. The molecule has 0 spiro atoms. The van der Waals surface area contributed by atoms with Crippen molar-refractivity contribution >= 4 is 0 Å². The quantitative estimate of drug-likeness (QED) is 0.786. The molecule has 2 N–H and O–H groups in total. The van der Waals surface area contributed by atoms with E-state index in [0.717, 1.165) is 11.1 Å². The van der Waals surface area contributed by atoms with Crippen LogP contribution in [0.2, 0.25) is 0 Å². The molecule has 1 aromatic rings. The average Bonchev–Trinajstić information content (AvgIpc) is 2.13. The van der Waals surface area contributed by atoms with Crippen molar-refractivity contribution in [1.29, 1.82) is 0 Å². The molecular formula is C12H16F3N. The molecule has 0 aliphatic carbocycles. The van der Waals surface area contributed by atoms with Crippen LogP contribution < -0.4 is 5.73 Å². The SMILES string of the molecule is Cc1cc(C)c(C)c(C(N)C(F)(F)F)c1C. The summed E-state index contributed by atoms with van der Waals surface area (Å²) >= 11 is 0. The Morgan fingerprint density at radius 1 is 1.00 bits per heavy atom. The van der Waals surface area contributed by atoms with Crippen LogP contribution in [0, 0.1) is 27.7 Å². The first-order valence-electron chi connectivity index (χ1n) is 5.05. The van der Waals surface area contributed by atoms with Gasteiger partial charge in [0.25, 0.3) is 0 Å². The van der Waals surface area contributed by atoms with E-state index in [2.05, 4.69) is 0 Å². The minimum Gasteiger partial charge on any atom is -0.316 e. The van der Waals surface area contributed by atoms with Gasteiger partial charge in [0.2, 0.25) is 0 Å². The van der Waals surface area contributed by atoms with Gasteiger partial charge in [0, 0.05) is 0 Å². The largest absolute Gasteiger partial charge is 0.407 e. The summed E-state index contributed by atoms with van der Waals surface area (Å²) < 4.78 is 37.9. The van der Waals surface area contributed by atoms with Crippen molar-refractivity contribution in [1.82, 2.24) is 0 Å². The Morgan fingerprint density at radius 2 is 1.38 bits per heavy atom. The van der Waals surface area contributed by atoms with Crippen LogP contribution in [0.5, 0.6) is 0 Å². The maximum atomic E-state index is 12.6. The summed E-state index contributed by atoms with van der Waals surface area (Å²) in [5, 5.41) is 0. The van der Waals surface area contributed by atoms with Gasteiger partial charge in [-0.15, -0.1) is 0 Å². The molecular weight excluding hydrogens is 215 g/mol. The summed E-state index contributed by atoms with van der Waals surface area (Å²) in [4.78, 5) is 0. The average molecular weight is 231 g/mol. The second kappa shape index (κ2) is 4.09. The van der Waals surface area contributed by atoms with Gasteiger partial charge in [0.15, 0.2) is 0 Å². The van der Waals surface area contributed by atoms with E-state index in [4.69, 9.17) is 5.73 Å². The molecule has 4 heteroatoms. The maximum absolute atomic E-state index is 12.6. The molecule has 0 aliphatic rings. The molecule has 0 fully saturated rings. The van der Waals surface area contributed by atoms with Gasteiger partial charge in [0.05, 0.1) is 0 Å². The van der Waals surface area contributed by atoms with Gasteiger partial charge in [-0.3, -0.25) is 0 Å². The molecule has 0 aliphatic heterocycles. The van der Waals surface area contributed by atoms with Crippen LogP contribution in [0.4, 0.5) is 13.2 Å². The third-order valence-electron chi connectivity index (χ3n) is 3.09. The van der Waals surface area contributed by atoms with Crippen molar-refractivity contribution in [3.05, 3.63) is 33.9 Å². The second-order valence-electron chi connectivity index (χ2n) is 4.19. The molecule has 0 aromatic heterocycles. The maximum Gasteiger partial charge on any atom is 0.407 e. The van der Waals surface area contributed by atoms with Crippen LogP contribution >= 0.6 is 0 Å². The number of benzene rings is 1. The highest BCUT2D eigenvalue weighted by Gasteiger charge is 2.39. The first-order valence-corrected chi connectivity index (χ1v) is 5.05. The van der Waals surface area contributed by atoms with Crippen molar-refractivity contribution in [2.24, 2.45) is 5.73 Å². The van der Waals surface area contributed by atoms with Crippen LogP contribution in [-0.2, 0) is 0 Å². The fourth-order valence-corrected chi connectivity index (χ4v) is 1.88. The molecule has 1 aromatic carbocycles. The van der Waals surface area contributed by atoms with Crippen LogP contribution in [0.1, 0.15) is 33.9 Å². The summed E-state index contributed by atoms with van der Waals surface area (Å²) in [6.45, 7) is 6.97. The minimum absolute atomic E-state index is 0.213. The smallest absolute Gasteiger partial charge is 0.316 e. The minimum atomic E-state index is -4.39. The lowest BCUT2D eigenvalue weighted by Crippen LogP contribution is -2.30. The molecule has 0 radical (unpaired) electrons. The number of hydrogen-bond acceptors (Lipinski definition) is 1. The monoisotopic (exact) mass is 231 g/mol. The normalized spacial score (nSPS) is 14.0. The molecule has 16 heavy (non-hydrogen) atoms. The number of alkyl halides is 3. The molecule has 0 saturated heterocycles. The van der Waals surface area contributed by atoms with Gasteiger partial charge >= 0.3 is 6.18 Å². The van der Waals surface area contributed by atoms with Crippen LogP contribution in [0.25, 0.3) is 0 Å². The number of halogens is 3. The van der Waals surface area contributed by atoms with Gasteiger partial charge in [-0.1, -0.05) is 6.07 Å². The zero-order valence-electron chi connectivity index (χ0n) is 9.87. The van der Waals surface area contributed by atoms with E-state index in [9.17, 15) is 13.2 Å². The van der Waals surface area contributed by atoms with Gasteiger partial charge < -0.3 is 5.73 Å². The van der Waals surface area contributed by atoms with E-state index in [1.165, 1.54) is 0 Å². The van der Waals surface area contributed by atoms with Crippen LogP contribution in [-0.4, -0.2) is 6.18 Å². The lowest BCUT2D eigenvalue weighted by molar-refractivity contribution is -0.149. The molecule has 0 amide bonds. The van der Waals surface area contributed by atoms with E-state index in [-0.39, 0.29) is 5.56 Å². The van der Waals surface area contributed by atoms with Gasteiger partial charge in [-0.25, -0.2) is 0 Å². The van der Waals surface area contributed by atoms with Crippen molar-refractivity contribution in [3.8, 4) is 0 Å². The van der Waals surface area contributed by atoms with E-state index < -0.39 is 12.2 Å². The molecule has 0 heterocycles. The molecule has 1 nitrogen and oxygen atoms in total. The van der Waals surface area contributed by atoms with E-state index in [0.29, 0.717) is 11.1 Å². The van der Waals surface area contributed by atoms with Gasteiger partial charge in [-0.2, -0.15) is 13.2 Å². The Morgan fingerprint density at radius 3 is 1.69 bits per heavy atom. The van der Waals surface area contributed by atoms with E-state index >= 15 is 0 Å². The Labute approximate surface area is 93.5 Å². The highest BCUT2D eigenvalue weighted by molar-refractivity contribution is 5.46. The van der Waals surface area contributed by atoms with Crippen molar-refractivity contribution in [3.63, 3.8) is 0 Å². The Kier molecular flexibility index (Phi) is 3.33. The molecule has 1 unspecified atom stereocenters. The fourth-order valence-electron chi connectivity index (χ4n) is 1.88. The molecule has 90 valence electrons. The molecule has 0 saturated carbocycles. The number of aryl methyl sites for hydroxylation is 2. The topological polar surface area (TPSA) is 26.0 Å². The van der Waals surface area contributed by atoms with Gasteiger partial charge in [0.1, 0.15) is 6.04 Å². The van der Waals surface area contributed by atoms with Crippen molar-refractivity contribution in [2.45, 2.75) is 39.9 Å².